The maximum atomic E-state index is 14.6. The standard InChI is InChI=1S/C31H34N2O7/c1-4-17-32(21-11-13-22(38-3)14-12-21)29(36)27-31-16-15-24(40-31)25(30(37)39-18-5-2)26(31)28(35)33(27)23(19-34)20-9-7-6-8-10-20/h4-14,23-27,34H,1-2,15-19H2,3H3/t23-,24-,25+,26+,27?,31?/m1/s1. The highest BCUT2D eigenvalue weighted by atomic mass is 16.6. The van der Waals surface area contributed by atoms with Crippen molar-refractivity contribution in [2.45, 2.75) is 36.6 Å². The Hall–Kier alpha value is -3.95. The quantitative estimate of drug-likeness (QED) is 0.341. The highest BCUT2D eigenvalue weighted by Crippen LogP contribution is 2.60. The number of carbonyl (C=O) groups is 3. The lowest BCUT2D eigenvalue weighted by molar-refractivity contribution is -0.154. The van der Waals surface area contributed by atoms with Crippen LogP contribution in [0.25, 0.3) is 0 Å². The molecule has 3 saturated heterocycles. The Bertz CT molecular complexity index is 1280. The molecule has 2 aromatic rings. The first-order valence-corrected chi connectivity index (χ1v) is 13.4. The average Bonchev–Trinajstić information content (AvgIpc) is 3.63. The van der Waals surface area contributed by atoms with E-state index in [1.54, 1.807) is 54.5 Å². The fourth-order valence-corrected chi connectivity index (χ4v) is 6.60. The Morgan fingerprint density at radius 2 is 1.90 bits per heavy atom. The molecule has 3 fully saturated rings. The summed E-state index contributed by atoms with van der Waals surface area (Å²) >= 11 is 0. The topological polar surface area (TPSA) is 106 Å². The van der Waals surface area contributed by atoms with Gasteiger partial charge in [-0.05, 0) is 42.7 Å². The Labute approximate surface area is 233 Å². The molecule has 1 spiro atoms. The van der Waals surface area contributed by atoms with Crippen molar-refractivity contribution >= 4 is 23.5 Å². The van der Waals surface area contributed by atoms with Crippen LogP contribution < -0.4 is 9.64 Å². The van der Waals surface area contributed by atoms with Crippen molar-refractivity contribution < 1.29 is 33.7 Å². The minimum atomic E-state index is -1.25. The molecule has 0 radical (unpaired) electrons. The SMILES string of the molecule is C=CCOC(=O)[C@@H]1[C@H]2C(=O)N([C@H](CO)c3ccccc3)C(C(=O)N(CC=C)c3ccc(OC)cc3)C23CC[C@H]1O3. The van der Waals surface area contributed by atoms with Gasteiger partial charge >= 0.3 is 5.97 Å². The summed E-state index contributed by atoms with van der Waals surface area (Å²) in [7, 11) is 1.56. The summed E-state index contributed by atoms with van der Waals surface area (Å²) in [5.74, 6) is -2.47. The van der Waals surface area contributed by atoms with Gasteiger partial charge in [-0.15, -0.1) is 6.58 Å². The van der Waals surface area contributed by atoms with Gasteiger partial charge < -0.3 is 29.1 Å². The molecule has 3 aliphatic rings. The second-order valence-corrected chi connectivity index (χ2v) is 10.3. The maximum Gasteiger partial charge on any atom is 0.312 e. The molecule has 6 atom stereocenters. The van der Waals surface area contributed by atoms with Crippen molar-refractivity contribution in [3.63, 3.8) is 0 Å². The summed E-state index contributed by atoms with van der Waals surface area (Å²) in [5, 5.41) is 10.6. The van der Waals surface area contributed by atoms with Gasteiger partial charge in [0.2, 0.25) is 5.91 Å². The van der Waals surface area contributed by atoms with Crippen LogP contribution in [-0.2, 0) is 23.9 Å². The van der Waals surface area contributed by atoms with Crippen molar-refractivity contribution in [2.24, 2.45) is 11.8 Å². The van der Waals surface area contributed by atoms with E-state index in [2.05, 4.69) is 13.2 Å². The molecule has 2 unspecified atom stereocenters. The second-order valence-electron chi connectivity index (χ2n) is 10.3. The van der Waals surface area contributed by atoms with E-state index < -0.39 is 54.1 Å². The molecule has 3 aliphatic heterocycles. The van der Waals surface area contributed by atoms with Gasteiger partial charge in [0.05, 0.1) is 37.7 Å². The first-order valence-electron chi connectivity index (χ1n) is 13.4. The number of carbonyl (C=O) groups excluding carboxylic acids is 3. The van der Waals surface area contributed by atoms with Gasteiger partial charge in [0.25, 0.3) is 5.91 Å². The molecule has 5 rings (SSSR count). The van der Waals surface area contributed by atoms with Crippen LogP contribution in [0.3, 0.4) is 0 Å². The predicted octanol–water partition coefficient (Wildman–Crippen LogP) is 3.05. The van der Waals surface area contributed by atoms with Crippen molar-refractivity contribution in [1.29, 1.82) is 0 Å². The van der Waals surface area contributed by atoms with E-state index in [1.807, 2.05) is 18.2 Å². The number of rotatable bonds is 11. The van der Waals surface area contributed by atoms with Crippen molar-refractivity contribution in [2.75, 3.05) is 31.8 Å². The van der Waals surface area contributed by atoms with Gasteiger partial charge in [0.15, 0.2) is 0 Å². The number of benzene rings is 2. The first-order chi connectivity index (χ1) is 19.4. The largest absolute Gasteiger partial charge is 0.497 e. The third-order valence-corrected chi connectivity index (χ3v) is 8.24. The molecule has 2 amide bonds. The zero-order valence-electron chi connectivity index (χ0n) is 22.5. The van der Waals surface area contributed by atoms with E-state index in [0.717, 1.165) is 0 Å². The van der Waals surface area contributed by atoms with E-state index in [9.17, 15) is 19.5 Å². The number of anilines is 1. The van der Waals surface area contributed by atoms with E-state index in [1.165, 1.54) is 11.0 Å². The molecular weight excluding hydrogens is 512 g/mol. The molecule has 0 aromatic heterocycles. The number of ether oxygens (including phenoxy) is 3. The molecule has 2 aromatic carbocycles. The molecule has 1 N–H and O–H groups in total. The van der Waals surface area contributed by atoms with Crippen LogP contribution in [0.5, 0.6) is 5.75 Å². The number of aliphatic hydroxyl groups is 1. The summed E-state index contributed by atoms with van der Waals surface area (Å²) in [5.41, 5.74) is 0.0189. The molecule has 3 heterocycles. The second kappa shape index (κ2) is 11.3. The van der Waals surface area contributed by atoms with Gasteiger partial charge in [-0.1, -0.05) is 49.1 Å². The fraction of sp³-hybridized carbons (Fsp3) is 0.387. The van der Waals surface area contributed by atoms with Crippen LogP contribution in [-0.4, -0.2) is 72.4 Å². The van der Waals surface area contributed by atoms with Crippen LogP contribution in [0, 0.1) is 11.8 Å². The normalized spacial score (nSPS) is 27.1. The van der Waals surface area contributed by atoms with Gasteiger partial charge in [-0.2, -0.15) is 0 Å². The monoisotopic (exact) mass is 546 g/mol. The number of hydrogen-bond donors (Lipinski definition) is 1. The zero-order chi connectivity index (χ0) is 28.4. The Morgan fingerprint density at radius 1 is 1.18 bits per heavy atom. The smallest absolute Gasteiger partial charge is 0.312 e. The Kier molecular flexibility index (Phi) is 7.78. The van der Waals surface area contributed by atoms with Gasteiger partial charge in [-0.25, -0.2) is 0 Å². The van der Waals surface area contributed by atoms with Crippen LogP contribution >= 0.6 is 0 Å². The highest BCUT2D eigenvalue weighted by molar-refractivity contribution is 6.05. The number of likely N-dealkylation sites (tertiary alicyclic amines) is 1. The van der Waals surface area contributed by atoms with E-state index >= 15 is 0 Å². The lowest BCUT2D eigenvalue weighted by Gasteiger charge is -2.39. The number of esters is 1. The third kappa shape index (κ3) is 4.39. The molecule has 0 aliphatic carbocycles. The van der Waals surface area contributed by atoms with E-state index in [4.69, 9.17) is 14.2 Å². The van der Waals surface area contributed by atoms with Crippen molar-refractivity contribution in [3.05, 3.63) is 85.5 Å². The van der Waals surface area contributed by atoms with Crippen LogP contribution in [0.15, 0.2) is 79.9 Å². The summed E-state index contributed by atoms with van der Waals surface area (Å²) in [4.78, 5) is 45.2. The number of nitrogens with zero attached hydrogens (tertiary/aromatic N) is 2. The number of hydrogen-bond acceptors (Lipinski definition) is 7. The number of methoxy groups -OCH3 is 1. The molecule has 0 saturated carbocycles. The average molecular weight is 547 g/mol. The minimum Gasteiger partial charge on any atom is -0.497 e. The van der Waals surface area contributed by atoms with Crippen LogP contribution in [0.1, 0.15) is 24.4 Å². The number of aliphatic hydroxyl groups excluding tert-OH is 1. The van der Waals surface area contributed by atoms with Gasteiger partial charge in [-0.3, -0.25) is 14.4 Å². The van der Waals surface area contributed by atoms with Crippen molar-refractivity contribution in [3.8, 4) is 5.75 Å². The Balaban J connectivity index is 1.62. The molecule has 2 bridgehead atoms. The molecule has 40 heavy (non-hydrogen) atoms. The van der Waals surface area contributed by atoms with Crippen LogP contribution in [0.2, 0.25) is 0 Å². The van der Waals surface area contributed by atoms with Gasteiger partial charge in [0, 0.05) is 12.2 Å². The maximum absolute atomic E-state index is 14.6. The summed E-state index contributed by atoms with van der Waals surface area (Å²) in [6.07, 6.45) is 3.47. The first kappa shape index (κ1) is 27.6. The molecular formula is C31H34N2O7. The minimum absolute atomic E-state index is 0.00982. The third-order valence-electron chi connectivity index (χ3n) is 8.24. The summed E-state index contributed by atoms with van der Waals surface area (Å²) in [6, 6.07) is 14.2. The fourth-order valence-electron chi connectivity index (χ4n) is 6.60. The lowest BCUT2D eigenvalue weighted by atomic mass is 9.70. The number of amides is 2. The Morgan fingerprint density at radius 3 is 2.52 bits per heavy atom. The van der Waals surface area contributed by atoms with Gasteiger partial charge in [0.1, 0.15) is 24.0 Å². The zero-order valence-corrected chi connectivity index (χ0v) is 22.5. The summed E-state index contributed by atoms with van der Waals surface area (Å²) < 4.78 is 17.2. The highest BCUT2D eigenvalue weighted by Gasteiger charge is 2.75. The van der Waals surface area contributed by atoms with E-state index in [-0.39, 0.29) is 19.1 Å². The van der Waals surface area contributed by atoms with Crippen molar-refractivity contribution in [1.82, 2.24) is 4.90 Å². The summed E-state index contributed by atoms with van der Waals surface area (Å²) in [6.45, 7) is 7.21. The van der Waals surface area contributed by atoms with Crippen LogP contribution in [0.4, 0.5) is 5.69 Å². The predicted molar refractivity (Wildman–Crippen MR) is 147 cm³/mol. The molecule has 9 nitrogen and oxygen atoms in total. The molecule has 9 heteroatoms. The van der Waals surface area contributed by atoms with E-state index in [0.29, 0.717) is 29.8 Å². The molecule has 210 valence electrons. The number of fused-ring (bicyclic) bond motifs is 1. The lowest BCUT2D eigenvalue weighted by Crippen LogP contribution is -2.57.